The van der Waals surface area contributed by atoms with Gasteiger partial charge in [-0.2, -0.15) is 0 Å². The van der Waals surface area contributed by atoms with Crippen molar-refractivity contribution in [2.24, 2.45) is 5.92 Å². The van der Waals surface area contributed by atoms with E-state index in [9.17, 15) is 4.79 Å². The minimum absolute atomic E-state index is 0.585. The van der Waals surface area contributed by atoms with E-state index >= 15 is 0 Å². The van der Waals surface area contributed by atoms with Crippen LogP contribution in [0.4, 0.5) is 0 Å². The Kier molecular flexibility index (Phi) is 5.40. The number of rotatable bonds is 5. The maximum absolute atomic E-state index is 10.3. The minimum atomic E-state index is -0.868. The Hall–Kier alpha value is -0.830. The zero-order valence-electron chi connectivity index (χ0n) is 9.41. The average molecular weight is 211 g/mol. The van der Waals surface area contributed by atoms with Crippen LogP contribution in [-0.4, -0.2) is 23.7 Å². The fourth-order valence-electron chi connectivity index (χ4n) is 2.34. The van der Waals surface area contributed by atoms with Gasteiger partial charge in [0.2, 0.25) is 0 Å². The highest BCUT2D eigenvalue weighted by atomic mass is 16.4. The van der Waals surface area contributed by atoms with E-state index in [1.807, 2.05) is 0 Å². The molecule has 2 atom stereocenters. The lowest BCUT2D eigenvalue weighted by atomic mass is 9.83. The first-order valence-electron chi connectivity index (χ1n) is 5.87. The molecule has 0 aromatic carbocycles. The maximum Gasteiger partial charge on any atom is 0.328 e. The highest BCUT2D eigenvalue weighted by molar-refractivity contribution is 5.79. The van der Waals surface area contributed by atoms with Crippen LogP contribution in [0.3, 0.4) is 0 Å². The Bertz CT molecular complexity index is 226. The van der Waals surface area contributed by atoms with Gasteiger partial charge in [0.1, 0.15) is 0 Å². The summed E-state index contributed by atoms with van der Waals surface area (Å²) in [4.78, 5) is 10.3. The van der Waals surface area contributed by atoms with Crippen LogP contribution in [0.1, 0.15) is 39.0 Å². The van der Waals surface area contributed by atoms with Crippen LogP contribution in [0.25, 0.3) is 0 Å². The van der Waals surface area contributed by atoms with Gasteiger partial charge in [0.05, 0.1) is 0 Å². The van der Waals surface area contributed by atoms with E-state index in [4.69, 9.17) is 5.11 Å². The smallest absolute Gasteiger partial charge is 0.328 e. The SMILES string of the molecule is CCC1CCCCC1NC/C=C/C(=O)O. The number of hydrogen-bond acceptors (Lipinski definition) is 2. The molecule has 0 bridgehead atoms. The molecule has 86 valence electrons. The Morgan fingerprint density at radius 1 is 1.47 bits per heavy atom. The molecular formula is C12H21NO2. The monoisotopic (exact) mass is 211 g/mol. The lowest BCUT2D eigenvalue weighted by Gasteiger charge is -2.31. The molecule has 1 fully saturated rings. The van der Waals surface area contributed by atoms with E-state index in [1.165, 1.54) is 38.2 Å². The van der Waals surface area contributed by atoms with Gasteiger partial charge in [-0.1, -0.05) is 32.3 Å². The molecule has 2 N–H and O–H groups in total. The van der Waals surface area contributed by atoms with Gasteiger partial charge in [0.15, 0.2) is 0 Å². The molecule has 1 aliphatic carbocycles. The van der Waals surface area contributed by atoms with Crippen LogP contribution >= 0.6 is 0 Å². The Balaban J connectivity index is 2.26. The van der Waals surface area contributed by atoms with Gasteiger partial charge in [-0.05, 0) is 18.8 Å². The van der Waals surface area contributed by atoms with Gasteiger partial charge in [0.25, 0.3) is 0 Å². The molecule has 1 aliphatic rings. The van der Waals surface area contributed by atoms with Crippen LogP contribution in [0.5, 0.6) is 0 Å². The molecule has 0 aromatic rings. The molecule has 1 rings (SSSR count). The predicted octanol–water partition coefficient (Wildman–Crippen LogP) is 2.19. The summed E-state index contributed by atoms with van der Waals surface area (Å²) >= 11 is 0. The number of carbonyl (C=O) groups is 1. The summed E-state index contributed by atoms with van der Waals surface area (Å²) in [6.45, 7) is 2.91. The molecule has 3 nitrogen and oxygen atoms in total. The van der Waals surface area contributed by atoms with Crippen molar-refractivity contribution >= 4 is 5.97 Å². The predicted molar refractivity (Wildman–Crippen MR) is 60.8 cm³/mol. The molecular weight excluding hydrogens is 190 g/mol. The second-order valence-electron chi connectivity index (χ2n) is 4.21. The lowest BCUT2D eigenvalue weighted by Crippen LogP contribution is -2.38. The van der Waals surface area contributed by atoms with Gasteiger partial charge in [-0.3, -0.25) is 0 Å². The zero-order chi connectivity index (χ0) is 11.1. The number of aliphatic carboxylic acids is 1. The summed E-state index contributed by atoms with van der Waals surface area (Å²) < 4.78 is 0. The van der Waals surface area contributed by atoms with Crippen LogP contribution in [0.15, 0.2) is 12.2 Å². The average Bonchev–Trinajstić information content (AvgIpc) is 2.24. The van der Waals surface area contributed by atoms with E-state index in [0.29, 0.717) is 12.6 Å². The fourth-order valence-corrected chi connectivity index (χ4v) is 2.34. The van der Waals surface area contributed by atoms with E-state index in [0.717, 1.165) is 5.92 Å². The zero-order valence-corrected chi connectivity index (χ0v) is 9.41. The molecule has 0 spiro atoms. The van der Waals surface area contributed by atoms with Crippen molar-refractivity contribution in [3.05, 3.63) is 12.2 Å². The number of nitrogens with one attached hydrogen (secondary N) is 1. The standard InChI is InChI=1S/C12H21NO2/c1-2-10-6-3-4-7-11(10)13-9-5-8-12(14)15/h5,8,10-11,13H,2-4,6-7,9H2,1H3,(H,14,15)/b8-5+. The first kappa shape index (κ1) is 12.2. The Morgan fingerprint density at radius 3 is 2.87 bits per heavy atom. The van der Waals surface area contributed by atoms with Crippen molar-refractivity contribution in [2.75, 3.05) is 6.54 Å². The molecule has 15 heavy (non-hydrogen) atoms. The van der Waals surface area contributed by atoms with Crippen molar-refractivity contribution < 1.29 is 9.90 Å². The summed E-state index contributed by atoms with van der Waals surface area (Å²) in [6, 6.07) is 0.585. The van der Waals surface area contributed by atoms with Gasteiger partial charge in [-0.25, -0.2) is 4.79 Å². The maximum atomic E-state index is 10.3. The van der Waals surface area contributed by atoms with Crippen LogP contribution in [0.2, 0.25) is 0 Å². The second-order valence-corrected chi connectivity index (χ2v) is 4.21. The fraction of sp³-hybridized carbons (Fsp3) is 0.750. The summed E-state index contributed by atoms with van der Waals surface area (Å²) in [5.41, 5.74) is 0. The molecule has 0 aromatic heterocycles. The second kappa shape index (κ2) is 6.62. The van der Waals surface area contributed by atoms with Gasteiger partial charge >= 0.3 is 5.97 Å². The van der Waals surface area contributed by atoms with Crippen molar-refractivity contribution in [1.29, 1.82) is 0 Å². The molecule has 0 radical (unpaired) electrons. The Labute approximate surface area is 91.6 Å². The molecule has 0 amide bonds. The molecule has 0 aliphatic heterocycles. The van der Waals surface area contributed by atoms with Crippen LogP contribution in [-0.2, 0) is 4.79 Å². The molecule has 2 unspecified atom stereocenters. The molecule has 0 saturated heterocycles. The summed E-state index contributed by atoms with van der Waals surface area (Å²) in [7, 11) is 0. The molecule has 3 heteroatoms. The highest BCUT2D eigenvalue weighted by Gasteiger charge is 2.22. The largest absolute Gasteiger partial charge is 0.478 e. The van der Waals surface area contributed by atoms with E-state index in [1.54, 1.807) is 6.08 Å². The molecule has 1 saturated carbocycles. The van der Waals surface area contributed by atoms with Gasteiger partial charge in [0, 0.05) is 18.7 Å². The third kappa shape index (κ3) is 4.47. The summed E-state index contributed by atoms with van der Waals surface area (Å²) in [5.74, 6) is -0.0931. The lowest BCUT2D eigenvalue weighted by molar-refractivity contribution is -0.131. The normalized spacial score (nSPS) is 27.0. The van der Waals surface area contributed by atoms with E-state index in [-0.39, 0.29) is 0 Å². The van der Waals surface area contributed by atoms with Crippen LogP contribution < -0.4 is 5.32 Å². The van der Waals surface area contributed by atoms with Crippen molar-refractivity contribution in [3.8, 4) is 0 Å². The third-order valence-electron chi connectivity index (χ3n) is 3.19. The summed E-state index contributed by atoms with van der Waals surface area (Å²) in [5, 5.41) is 11.9. The number of hydrogen-bond donors (Lipinski definition) is 2. The van der Waals surface area contributed by atoms with E-state index in [2.05, 4.69) is 12.2 Å². The highest BCUT2D eigenvalue weighted by Crippen LogP contribution is 2.26. The minimum Gasteiger partial charge on any atom is -0.478 e. The van der Waals surface area contributed by atoms with E-state index < -0.39 is 5.97 Å². The van der Waals surface area contributed by atoms with Crippen LogP contribution in [0, 0.1) is 5.92 Å². The van der Waals surface area contributed by atoms with Crippen molar-refractivity contribution in [1.82, 2.24) is 5.32 Å². The third-order valence-corrected chi connectivity index (χ3v) is 3.19. The Morgan fingerprint density at radius 2 is 2.20 bits per heavy atom. The van der Waals surface area contributed by atoms with Gasteiger partial charge < -0.3 is 10.4 Å². The number of carboxylic acids is 1. The summed E-state index contributed by atoms with van der Waals surface area (Å²) in [6.07, 6.45) is 9.31. The topological polar surface area (TPSA) is 49.3 Å². The molecule has 0 heterocycles. The van der Waals surface area contributed by atoms with Gasteiger partial charge in [-0.15, -0.1) is 0 Å². The van der Waals surface area contributed by atoms with Crippen molar-refractivity contribution in [2.45, 2.75) is 45.1 Å². The first-order chi connectivity index (χ1) is 7.24. The first-order valence-corrected chi connectivity index (χ1v) is 5.87. The van der Waals surface area contributed by atoms with Crippen molar-refractivity contribution in [3.63, 3.8) is 0 Å². The quantitative estimate of drug-likeness (QED) is 0.685. The number of carboxylic acid groups (broad SMARTS) is 1.